The third-order valence-corrected chi connectivity index (χ3v) is 3.68. The van der Waals surface area contributed by atoms with Crippen LogP contribution >= 0.6 is 0 Å². The normalized spacial score (nSPS) is 14.8. The lowest BCUT2D eigenvalue weighted by Gasteiger charge is -1.98. The molecule has 0 aromatic carbocycles. The number of imidazole rings is 1. The molecule has 1 fully saturated rings. The van der Waals surface area contributed by atoms with Crippen molar-refractivity contribution in [2.45, 2.75) is 25.2 Å². The van der Waals surface area contributed by atoms with Gasteiger partial charge in [-0.15, -0.1) is 0 Å². The van der Waals surface area contributed by atoms with E-state index in [9.17, 15) is 0 Å². The fourth-order valence-electron chi connectivity index (χ4n) is 2.50. The summed E-state index contributed by atoms with van der Waals surface area (Å²) in [6, 6.07) is 6.07. The smallest absolute Gasteiger partial charge is 0.137 e. The Labute approximate surface area is 116 Å². The van der Waals surface area contributed by atoms with Crippen LogP contribution in [0.5, 0.6) is 0 Å². The van der Waals surface area contributed by atoms with Crippen LogP contribution in [-0.2, 0) is 6.42 Å². The van der Waals surface area contributed by atoms with Crippen LogP contribution in [0.1, 0.15) is 35.7 Å². The topological polar surface area (TPSA) is 69.1 Å². The molecular weight excluding hydrogens is 250 g/mol. The van der Waals surface area contributed by atoms with E-state index in [-0.39, 0.29) is 0 Å². The summed E-state index contributed by atoms with van der Waals surface area (Å²) >= 11 is 0. The van der Waals surface area contributed by atoms with E-state index < -0.39 is 0 Å². The molecule has 3 aromatic rings. The van der Waals surface area contributed by atoms with Gasteiger partial charge >= 0.3 is 0 Å². The summed E-state index contributed by atoms with van der Waals surface area (Å²) in [6.07, 6.45) is 9.05. The second-order valence-corrected chi connectivity index (χ2v) is 5.35. The summed E-state index contributed by atoms with van der Waals surface area (Å²) in [5.41, 5.74) is 9.95. The van der Waals surface area contributed by atoms with E-state index in [4.69, 9.17) is 5.73 Å². The fourth-order valence-corrected chi connectivity index (χ4v) is 2.50. The maximum atomic E-state index is 5.67. The van der Waals surface area contributed by atoms with Crippen LogP contribution in [0, 0.1) is 0 Å². The number of nitrogens with two attached hydrogens (primary N) is 1. The van der Waals surface area contributed by atoms with E-state index in [1.807, 2.05) is 0 Å². The predicted octanol–water partition coefficient (Wildman–Crippen LogP) is 2.17. The summed E-state index contributed by atoms with van der Waals surface area (Å²) in [4.78, 5) is 12.7. The quantitative estimate of drug-likeness (QED) is 0.788. The van der Waals surface area contributed by atoms with Crippen molar-refractivity contribution in [1.29, 1.82) is 0 Å². The molecule has 1 aliphatic rings. The van der Waals surface area contributed by atoms with Crippen molar-refractivity contribution in [2.24, 2.45) is 0 Å². The molecule has 0 bridgehead atoms. The lowest BCUT2D eigenvalue weighted by Crippen LogP contribution is -1.97. The number of pyridine rings is 1. The van der Waals surface area contributed by atoms with Gasteiger partial charge in [0.2, 0.25) is 0 Å². The average Bonchev–Trinajstić information content (AvgIpc) is 3.19. The number of rotatable bonds is 3. The first-order chi connectivity index (χ1) is 9.78. The van der Waals surface area contributed by atoms with Gasteiger partial charge in [-0.2, -0.15) is 0 Å². The van der Waals surface area contributed by atoms with Crippen LogP contribution in [0.4, 0.5) is 5.82 Å². The summed E-state index contributed by atoms with van der Waals surface area (Å²) in [7, 11) is 0. The second kappa shape index (κ2) is 4.30. The Balaban J connectivity index is 1.66. The van der Waals surface area contributed by atoms with Crippen molar-refractivity contribution in [3.8, 4) is 0 Å². The van der Waals surface area contributed by atoms with E-state index in [0.717, 1.165) is 23.0 Å². The molecule has 0 spiro atoms. The predicted molar refractivity (Wildman–Crippen MR) is 76.4 cm³/mol. The summed E-state index contributed by atoms with van der Waals surface area (Å²) < 4.78 is 2.10. The van der Waals surface area contributed by atoms with Crippen LogP contribution in [0.25, 0.3) is 5.65 Å². The molecular formula is C15H15N5. The molecule has 100 valence electrons. The number of nitrogen functional groups attached to an aromatic ring is 1. The SMILES string of the molecule is Nc1cc(Cc2cn3cc(C4CC4)ccc3n2)ncn1. The highest BCUT2D eigenvalue weighted by molar-refractivity contribution is 5.43. The molecule has 2 N–H and O–H groups in total. The Bertz CT molecular complexity index is 773. The number of fused-ring (bicyclic) bond motifs is 1. The van der Waals surface area contributed by atoms with Gasteiger partial charge in [-0.3, -0.25) is 0 Å². The van der Waals surface area contributed by atoms with Gasteiger partial charge in [0.25, 0.3) is 0 Å². The molecule has 0 saturated heterocycles. The highest BCUT2D eigenvalue weighted by atomic mass is 15.0. The molecule has 0 amide bonds. The van der Waals surface area contributed by atoms with Crippen LogP contribution in [0.2, 0.25) is 0 Å². The molecule has 5 nitrogen and oxygen atoms in total. The lowest BCUT2D eigenvalue weighted by atomic mass is 10.2. The Morgan fingerprint density at radius 3 is 2.85 bits per heavy atom. The monoisotopic (exact) mass is 265 g/mol. The van der Waals surface area contributed by atoms with Crippen molar-refractivity contribution in [1.82, 2.24) is 19.4 Å². The number of hydrogen-bond acceptors (Lipinski definition) is 4. The van der Waals surface area contributed by atoms with Crippen molar-refractivity contribution in [3.05, 3.63) is 53.9 Å². The third kappa shape index (κ3) is 2.11. The van der Waals surface area contributed by atoms with E-state index in [0.29, 0.717) is 12.2 Å². The van der Waals surface area contributed by atoms with E-state index in [1.165, 1.54) is 24.7 Å². The first kappa shape index (κ1) is 11.4. The van der Waals surface area contributed by atoms with E-state index in [1.54, 1.807) is 6.07 Å². The van der Waals surface area contributed by atoms with Crippen LogP contribution < -0.4 is 5.73 Å². The number of nitrogens with zero attached hydrogens (tertiary/aromatic N) is 4. The van der Waals surface area contributed by atoms with Crippen molar-refractivity contribution in [3.63, 3.8) is 0 Å². The lowest BCUT2D eigenvalue weighted by molar-refractivity contribution is 1.00. The van der Waals surface area contributed by atoms with Gasteiger partial charge in [0.05, 0.1) is 11.4 Å². The Morgan fingerprint density at radius 1 is 1.15 bits per heavy atom. The average molecular weight is 265 g/mol. The Hall–Kier alpha value is -2.43. The molecule has 1 aliphatic carbocycles. The van der Waals surface area contributed by atoms with Gasteiger partial charge in [-0.1, -0.05) is 6.07 Å². The molecule has 3 aromatic heterocycles. The number of hydrogen-bond donors (Lipinski definition) is 1. The highest BCUT2D eigenvalue weighted by Crippen LogP contribution is 2.39. The van der Waals surface area contributed by atoms with Gasteiger partial charge in [-0.25, -0.2) is 15.0 Å². The molecule has 0 aliphatic heterocycles. The van der Waals surface area contributed by atoms with Gasteiger partial charge in [0.15, 0.2) is 0 Å². The zero-order valence-electron chi connectivity index (χ0n) is 11.0. The fraction of sp³-hybridized carbons (Fsp3) is 0.267. The largest absolute Gasteiger partial charge is 0.384 e. The van der Waals surface area contributed by atoms with Crippen molar-refractivity contribution < 1.29 is 0 Å². The van der Waals surface area contributed by atoms with Crippen molar-refractivity contribution in [2.75, 3.05) is 5.73 Å². The third-order valence-electron chi connectivity index (χ3n) is 3.68. The van der Waals surface area contributed by atoms with Gasteiger partial charge in [0.1, 0.15) is 17.8 Å². The molecule has 20 heavy (non-hydrogen) atoms. The zero-order valence-corrected chi connectivity index (χ0v) is 11.0. The highest BCUT2D eigenvalue weighted by Gasteiger charge is 2.23. The van der Waals surface area contributed by atoms with E-state index >= 15 is 0 Å². The molecule has 4 rings (SSSR count). The Morgan fingerprint density at radius 2 is 2.05 bits per heavy atom. The first-order valence-corrected chi connectivity index (χ1v) is 6.82. The van der Waals surface area contributed by atoms with Gasteiger partial charge in [-0.05, 0) is 30.4 Å². The second-order valence-electron chi connectivity index (χ2n) is 5.35. The minimum atomic E-state index is 0.495. The first-order valence-electron chi connectivity index (χ1n) is 6.82. The molecule has 0 radical (unpaired) electrons. The summed E-state index contributed by atoms with van der Waals surface area (Å²) in [5.74, 6) is 1.25. The van der Waals surface area contributed by atoms with E-state index in [2.05, 4.69) is 43.9 Å². The molecule has 1 saturated carbocycles. The molecule has 3 heterocycles. The standard InChI is InChI=1S/C15H15N5/c16-14-6-12(17-9-18-14)5-13-8-20-7-11(10-1-2-10)3-4-15(20)19-13/h3-4,6-10H,1-2,5H2,(H2,16,17,18). The molecule has 0 atom stereocenters. The Kier molecular flexibility index (Phi) is 2.45. The van der Waals surface area contributed by atoms with Crippen molar-refractivity contribution >= 4 is 11.5 Å². The van der Waals surface area contributed by atoms with Crippen LogP contribution in [-0.4, -0.2) is 19.4 Å². The molecule has 0 unspecified atom stereocenters. The summed E-state index contributed by atoms with van der Waals surface area (Å²) in [6.45, 7) is 0. The number of aromatic nitrogens is 4. The minimum absolute atomic E-state index is 0.495. The maximum Gasteiger partial charge on any atom is 0.137 e. The van der Waals surface area contributed by atoms with Crippen LogP contribution in [0.15, 0.2) is 36.9 Å². The maximum absolute atomic E-state index is 5.67. The molecule has 5 heteroatoms. The van der Waals surface area contributed by atoms with Crippen LogP contribution in [0.3, 0.4) is 0 Å². The number of anilines is 1. The van der Waals surface area contributed by atoms with Gasteiger partial charge in [0, 0.05) is 24.9 Å². The van der Waals surface area contributed by atoms with Gasteiger partial charge < -0.3 is 10.1 Å². The summed E-state index contributed by atoms with van der Waals surface area (Å²) in [5, 5.41) is 0. The minimum Gasteiger partial charge on any atom is -0.384 e. The zero-order chi connectivity index (χ0) is 13.5.